The molecule has 2 aliphatic heterocycles. The smallest absolute Gasteiger partial charge is 0.321 e. The highest BCUT2D eigenvalue weighted by Crippen LogP contribution is 2.28. The van der Waals surface area contributed by atoms with Crippen LogP contribution >= 0.6 is 0 Å². The molecule has 1 atom stereocenters. The summed E-state index contributed by atoms with van der Waals surface area (Å²) >= 11 is 0. The molecule has 1 aromatic carbocycles. The molecule has 10 heteroatoms. The molecule has 10 nitrogen and oxygen atoms in total. The predicted octanol–water partition coefficient (Wildman–Crippen LogP) is 2.43. The van der Waals surface area contributed by atoms with Crippen molar-refractivity contribution in [2.75, 3.05) is 56.2 Å². The van der Waals surface area contributed by atoms with Crippen LogP contribution in [0.2, 0.25) is 0 Å². The van der Waals surface area contributed by atoms with Crippen LogP contribution in [0.1, 0.15) is 44.9 Å². The zero-order valence-corrected chi connectivity index (χ0v) is 20.3. The third-order valence-electron chi connectivity index (χ3n) is 7.32. The van der Waals surface area contributed by atoms with Gasteiger partial charge in [0.15, 0.2) is 0 Å². The molecule has 3 N–H and O–H groups in total. The molecule has 0 radical (unpaired) electrons. The second-order valence-corrected chi connectivity index (χ2v) is 9.67. The Hall–Kier alpha value is -2.85. The van der Waals surface area contributed by atoms with Crippen molar-refractivity contribution in [3.8, 4) is 0 Å². The minimum absolute atomic E-state index is 0.225. The third-order valence-corrected chi connectivity index (χ3v) is 7.32. The number of likely N-dealkylation sites (tertiary alicyclic amines) is 1. The number of rotatable bonds is 8. The standard InChI is InChI=1S/C25H37N5O5/c31-23(27-34)18-29(13-11-19-4-1-2-5-19)25(33)30-12-3-6-22(30)24(32)26-20-7-9-21(10-8-20)28-14-16-35-17-15-28/h7-10,19,22,34H,1-6,11-18H2,(H,26,32)(H,27,31)/t22-/m0/s1. The van der Waals surface area contributed by atoms with Gasteiger partial charge in [0.05, 0.1) is 13.2 Å². The van der Waals surface area contributed by atoms with Gasteiger partial charge in [0.25, 0.3) is 5.91 Å². The molecule has 2 heterocycles. The largest absolute Gasteiger partial charge is 0.378 e. The van der Waals surface area contributed by atoms with E-state index < -0.39 is 11.9 Å². The van der Waals surface area contributed by atoms with E-state index in [-0.39, 0.29) is 18.5 Å². The molecule has 3 aliphatic rings. The van der Waals surface area contributed by atoms with Gasteiger partial charge in [0.1, 0.15) is 12.6 Å². The molecule has 2 saturated heterocycles. The first-order valence-electron chi connectivity index (χ1n) is 12.8. The molecule has 4 rings (SSSR count). The number of benzene rings is 1. The van der Waals surface area contributed by atoms with Gasteiger partial charge in [-0.2, -0.15) is 0 Å². The number of amides is 4. The van der Waals surface area contributed by atoms with Crippen molar-refractivity contribution in [1.29, 1.82) is 0 Å². The lowest BCUT2D eigenvalue weighted by molar-refractivity contribution is -0.129. The second kappa shape index (κ2) is 12.2. The van der Waals surface area contributed by atoms with E-state index in [2.05, 4.69) is 10.2 Å². The van der Waals surface area contributed by atoms with Crippen LogP contribution in [0.5, 0.6) is 0 Å². The van der Waals surface area contributed by atoms with E-state index in [1.807, 2.05) is 24.3 Å². The van der Waals surface area contributed by atoms with Crippen LogP contribution in [0.4, 0.5) is 16.2 Å². The van der Waals surface area contributed by atoms with E-state index in [0.29, 0.717) is 44.3 Å². The molecule has 1 aromatic rings. The van der Waals surface area contributed by atoms with Gasteiger partial charge in [0.2, 0.25) is 5.91 Å². The number of morpholine rings is 1. The minimum Gasteiger partial charge on any atom is -0.378 e. The van der Waals surface area contributed by atoms with Gasteiger partial charge in [-0.1, -0.05) is 25.7 Å². The summed E-state index contributed by atoms with van der Waals surface area (Å²) < 4.78 is 5.40. The van der Waals surface area contributed by atoms with Crippen molar-refractivity contribution in [1.82, 2.24) is 15.3 Å². The monoisotopic (exact) mass is 487 g/mol. The Balaban J connectivity index is 1.37. The van der Waals surface area contributed by atoms with E-state index in [1.54, 1.807) is 10.4 Å². The number of nitrogens with one attached hydrogen (secondary N) is 2. The third kappa shape index (κ3) is 6.64. The highest BCUT2D eigenvalue weighted by molar-refractivity contribution is 5.97. The lowest BCUT2D eigenvalue weighted by Crippen LogP contribution is -2.51. The molecule has 0 spiro atoms. The van der Waals surface area contributed by atoms with E-state index >= 15 is 0 Å². The molecule has 0 unspecified atom stereocenters. The van der Waals surface area contributed by atoms with Crippen molar-refractivity contribution in [2.45, 2.75) is 51.0 Å². The molecular weight excluding hydrogens is 450 g/mol. The highest BCUT2D eigenvalue weighted by Gasteiger charge is 2.37. The second-order valence-electron chi connectivity index (χ2n) is 9.67. The number of anilines is 2. The normalized spacial score (nSPS) is 20.7. The summed E-state index contributed by atoms with van der Waals surface area (Å²) in [5.41, 5.74) is 3.39. The lowest BCUT2D eigenvalue weighted by atomic mass is 10.0. The van der Waals surface area contributed by atoms with E-state index in [4.69, 9.17) is 9.94 Å². The maximum atomic E-state index is 13.4. The number of ether oxygens (including phenoxy) is 1. The van der Waals surface area contributed by atoms with Crippen molar-refractivity contribution < 1.29 is 24.3 Å². The molecule has 1 aliphatic carbocycles. The van der Waals surface area contributed by atoms with Gasteiger partial charge in [-0.05, 0) is 49.4 Å². The topological polar surface area (TPSA) is 114 Å². The van der Waals surface area contributed by atoms with E-state index in [1.165, 1.54) is 17.7 Å². The number of carbonyl (C=O) groups excluding carboxylic acids is 3. The lowest BCUT2D eigenvalue weighted by Gasteiger charge is -2.31. The van der Waals surface area contributed by atoms with Crippen LogP contribution in [0.3, 0.4) is 0 Å². The Bertz CT molecular complexity index is 868. The first-order chi connectivity index (χ1) is 17.0. The van der Waals surface area contributed by atoms with Crippen LogP contribution < -0.4 is 15.7 Å². The Morgan fingerprint density at radius 3 is 2.40 bits per heavy atom. The summed E-state index contributed by atoms with van der Waals surface area (Å²) in [6.45, 7) is 3.78. The van der Waals surface area contributed by atoms with Crippen molar-refractivity contribution in [3.05, 3.63) is 24.3 Å². The maximum Gasteiger partial charge on any atom is 0.321 e. The Labute approximate surface area is 206 Å². The number of hydrogen-bond acceptors (Lipinski definition) is 6. The number of hydrogen-bond donors (Lipinski definition) is 3. The van der Waals surface area contributed by atoms with Gasteiger partial charge in [-0.25, -0.2) is 10.3 Å². The fourth-order valence-corrected chi connectivity index (χ4v) is 5.34. The van der Waals surface area contributed by atoms with Crippen molar-refractivity contribution in [3.63, 3.8) is 0 Å². The summed E-state index contributed by atoms with van der Waals surface area (Å²) in [5.74, 6) is -0.303. The quantitative estimate of drug-likeness (QED) is 0.383. The minimum atomic E-state index is -0.634. The van der Waals surface area contributed by atoms with Crippen LogP contribution in [0, 0.1) is 5.92 Å². The van der Waals surface area contributed by atoms with Crippen LogP contribution in [0.15, 0.2) is 24.3 Å². The summed E-state index contributed by atoms with van der Waals surface area (Å²) in [5, 5.41) is 11.9. The number of carbonyl (C=O) groups is 3. The van der Waals surface area contributed by atoms with Crippen molar-refractivity contribution >= 4 is 29.2 Å². The average Bonchev–Trinajstić information content (AvgIpc) is 3.59. The molecule has 0 bridgehead atoms. The maximum absolute atomic E-state index is 13.4. The average molecular weight is 488 g/mol. The van der Waals surface area contributed by atoms with Gasteiger partial charge in [0, 0.05) is 37.6 Å². The summed E-state index contributed by atoms with van der Waals surface area (Å²) in [4.78, 5) is 43.6. The SMILES string of the molecule is O=C(CN(CCC1CCCC1)C(=O)N1CCC[C@H]1C(=O)Nc1ccc(N2CCOCC2)cc1)NO. The number of urea groups is 1. The molecule has 0 aromatic heterocycles. The predicted molar refractivity (Wildman–Crippen MR) is 131 cm³/mol. The van der Waals surface area contributed by atoms with Gasteiger partial charge in [-0.15, -0.1) is 0 Å². The van der Waals surface area contributed by atoms with Crippen LogP contribution in [-0.4, -0.2) is 84.8 Å². The molecule has 192 valence electrons. The molecule has 35 heavy (non-hydrogen) atoms. The Kier molecular flexibility index (Phi) is 8.81. The molecular formula is C25H37N5O5. The summed E-state index contributed by atoms with van der Waals surface area (Å²) in [7, 11) is 0. The number of nitrogens with zero attached hydrogens (tertiary/aromatic N) is 3. The Morgan fingerprint density at radius 1 is 1.00 bits per heavy atom. The zero-order chi connectivity index (χ0) is 24.6. The first-order valence-corrected chi connectivity index (χ1v) is 12.8. The summed E-state index contributed by atoms with van der Waals surface area (Å²) in [6.07, 6.45) is 6.83. The Morgan fingerprint density at radius 2 is 1.71 bits per heavy atom. The van der Waals surface area contributed by atoms with E-state index in [9.17, 15) is 14.4 Å². The van der Waals surface area contributed by atoms with E-state index in [0.717, 1.165) is 44.5 Å². The molecule has 1 saturated carbocycles. The molecule has 4 amide bonds. The van der Waals surface area contributed by atoms with Crippen LogP contribution in [-0.2, 0) is 14.3 Å². The highest BCUT2D eigenvalue weighted by atomic mass is 16.5. The summed E-state index contributed by atoms with van der Waals surface area (Å²) in [6, 6.07) is 6.81. The van der Waals surface area contributed by atoms with Gasteiger partial charge >= 0.3 is 6.03 Å². The van der Waals surface area contributed by atoms with Crippen LogP contribution in [0.25, 0.3) is 0 Å². The van der Waals surface area contributed by atoms with Crippen molar-refractivity contribution in [2.24, 2.45) is 5.92 Å². The fourth-order valence-electron chi connectivity index (χ4n) is 5.34. The zero-order valence-electron chi connectivity index (χ0n) is 20.3. The first kappa shape index (κ1) is 25.2. The fraction of sp³-hybridized carbons (Fsp3) is 0.640. The van der Waals surface area contributed by atoms with Gasteiger partial charge in [-0.3, -0.25) is 14.8 Å². The van der Waals surface area contributed by atoms with Gasteiger partial charge < -0.3 is 24.8 Å². The number of hydroxylamine groups is 1. The molecule has 3 fully saturated rings.